The van der Waals surface area contributed by atoms with Gasteiger partial charge in [-0.1, -0.05) is 24.3 Å². The van der Waals surface area contributed by atoms with Crippen molar-refractivity contribution in [3.8, 4) is 17.2 Å². The number of aromatic hydroxyl groups is 1. The van der Waals surface area contributed by atoms with E-state index < -0.39 is 0 Å². The molecule has 2 aromatic rings. The Bertz CT molecular complexity index is 738. The highest BCUT2D eigenvalue weighted by atomic mass is 127. The van der Waals surface area contributed by atoms with E-state index >= 15 is 0 Å². The van der Waals surface area contributed by atoms with Gasteiger partial charge in [-0.2, -0.15) is 0 Å². The highest BCUT2D eigenvalue weighted by Gasteiger charge is 2.20. The molecule has 0 aliphatic carbocycles. The summed E-state index contributed by atoms with van der Waals surface area (Å²) in [5.74, 6) is 2.62. The number of rotatable bonds is 6. The highest BCUT2D eigenvalue weighted by molar-refractivity contribution is 14.0. The second-order valence-corrected chi connectivity index (χ2v) is 6.15. The van der Waals surface area contributed by atoms with Crippen LogP contribution in [0.4, 0.5) is 0 Å². The average Bonchev–Trinajstić information content (AvgIpc) is 2.68. The molecular weight excluding hydrogens is 457 g/mol. The summed E-state index contributed by atoms with van der Waals surface area (Å²) in [5, 5.41) is 15.9. The van der Waals surface area contributed by atoms with E-state index in [0.29, 0.717) is 18.9 Å². The van der Waals surface area contributed by atoms with E-state index in [1.165, 1.54) is 5.56 Å². The number of hydrogen-bond acceptors (Lipinski definition) is 4. The van der Waals surface area contributed by atoms with Gasteiger partial charge in [0.2, 0.25) is 0 Å². The molecule has 3 rings (SSSR count). The van der Waals surface area contributed by atoms with Gasteiger partial charge in [-0.05, 0) is 42.7 Å². The number of phenolic OH excluding ortho intramolecular Hbond substituents is 1. The molecule has 0 spiro atoms. The van der Waals surface area contributed by atoms with Crippen molar-refractivity contribution in [2.45, 2.75) is 18.9 Å². The molecule has 0 saturated carbocycles. The van der Waals surface area contributed by atoms with Crippen molar-refractivity contribution in [1.29, 1.82) is 0 Å². The number of aryl methyl sites for hydroxylation is 1. The van der Waals surface area contributed by atoms with Crippen LogP contribution in [0.15, 0.2) is 53.5 Å². The van der Waals surface area contributed by atoms with Gasteiger partial charge in [0.1, 0.15) is 18.5 Å². The van der Waals surface area contributed by atoms with Gasteiger partial charge in [-0.15, -0.1) is 24.0 Å². The van der Waals surface area contributed by atoms with Crippen molar-refractivity contribution in [3.05, 3.63) is 54.1 Å². The third-order valence-corrected chi connectivity index (χ3v) is 4.16. The molecule has 146 valence electrons. The lowest BCUT2D eigenvalue weighted by atomic mass is 10.1. The third kappa shape index (κ3) is 6.50. The normalized spacial score (nSPS) is 15.6. The number of phenols is 1. The molecule has 0 fully saturated rings. The summed E-state index contributed by atoms with van der Waals surface area (Å²) in [6.45, 7) is 1.94. The van der Waals surface area contributed by atoms with E-state index in [-0.39, 0.29) is 30.1 Å². The first-order chi connectivity index (χ1) is 12.7. The fourth-order valence-electron chi connectivity index (χ4n) is 2.76. The van der Waals surface area contributed by atoms with Crippen LogP contribution >= 0.6 is 24.0 Å². The molecule has 1 unspecified atom stereocenters. The number of guanidine groups is 1. The Morgan fingerprint density at radius 1 is 1.11 bits per heavy atom. The van der Waals surface area contributed by atoms with E-state index in [2.05, 4.69) is 15.6 Å². The zero-order valence-electron chi connectivity index (χ0n) is 15.4. The first-order valence-electron chi connectivity index (χ1n) is 8.85. The minimum absolute atomic E-state index is 0. The average molecular weight is 483 g/mol. The summed E-state index contributed by atoms with van der Waals surface area (Å²) in [6.07, 6.45) is 1.86. The van der Waals surface area contributed by atoms with Gasteiger partial charge >= 0.3 is 0 Å². The first kappa shape index (κ1) is 21.1. The minimum Gasteiger partial charge on any atom is -0.508 e. The Balaban J connectivity index is 0.00000261. The van der Waals surface area contributed by atoms with Crippen LogP contribution in [0, 0.1) is 0 Å². The predicted molar refractivity (Wildman–Crippen MR) is 118 cm³/mol. The molecule has 3 N–H and O–H groups in total. The van der Waals surface area contributed by atoms with Gasteiger partial charge in [-0.3, -0.25) is 4.99 Å². The second kappa shape index (κ2) is 10.9. The van der Waals surface area contributed by atoms with Crippen molar-refractivity contribution in [3.63, 3.8) is 0 Å². The molecule has 1 heterocycles. The van der Waals surface area contributed by atoms with Crippen molar-refractivity contribution < 1.29 is 14.6 Å². The molecule has 0 saturated heterocycles. The number of aliphatic imine (C=N–C) groups is 1. The fraction of sp³-hybridized carbons (Fsp3) is 0.350. The van der Waals surface area contributed by atoms with Gasteiger partial charge in [0, 0.05) is 13.6 Å². The summed E-state index contributed by atoms with van der Waals surface area (Å²) in [4.78, 5) is 4.24. The summed E-state index contributed by atoms with van der Waals surface area (Å²) in [5.41, 5.74) is 1.21. The Hall–Kier alpha value is -2.16. The molecule has 2 aromatic carbocycles. The lowest BCUT2D eigenvalue weighted by Gasteiger charge is -2.27. The number of para-hydroxylation sites is 2. The van der Waals surface area contributed by atoms with Gasteiger partial charge in [0.15, 0.2) is 17.5 Å². The lowest BCUT2D eigenvalue weighted by Crippen LogP contribution is -2.45. The van der Waals surface area contributed by atoms with Crippen molar-refractivity contribution in [2.75, 3.05) is 26.7 Å². The number of halogens is 1. The zero-order valence-corrected chi connectivity index (χ0v) is 17.7. The number of nitrogens with one attached hydrogen (secondary N) is 2. The Labute approximate surface area is 177 Å². The molecule has 1 aliphatic rings. The highest BCUT2D eigenvalue weighted by Crippen LogP contribution is 2.30. The van der Waals surface area contributed by atoms with Crippen LogP contribution in [0.25, 0.3) is 0 Å². The van der Waals surface area contributed by atoms with Crippen LogP contribution in [0.1, 0.15) is 12.0 Å². The Kier molecular flexibility index (Phi) is 8.50. The molecule has 0 aromatic heterocycles. The first-order valence-corrected chi connectivity index (χ1v) is 8.85. The summed E-state index contributed by atoms with van der Waals surface area (Å²) in [7, 11) is 1.75. The molecule has 6 nitrogen and oxygen atoms in total. The van der Waals surface area contributed by atoms with Crippen LogP contribution < -0.4 is 20.1 Å². The molecule has 1 aliphatic heterocycles. The summed E-state index contributed by atoms with van der Waals surface area (Å²) < 4.78 is 11.6. The molecule has 7 heteroatoms. The monoisotopic (exact) mass is 483 g/mol. The molecule has 0 radical (unpaired) electrons. The largest absolute Gasteiger partial charge is 0.508 e. The molecule has 0 bridgehead atoms. The van der Waals surface area contributed by atoms with E-state index in [0.717, 1.165) is 36.8 Å². The minimum atomic E-state index is -0.0551. The standard InChI is InChI=1S/C20H25N3O3.HI/c1-21-20(22-12-4-5-15-8-10-16(24)11-9-15)23-13-17-14-25-18-6-2-3-7-19(18)26-17;/h2-3,6-11,17,24H,4-5,12-14H2,1H3,(H2,21,22,23);1H. The zero-order chi connectivity index (χ0) is 18.2. The molecule has 1 atom stereocenters. The maximum atomic E-state index is 9.30. The summed E-state index contributed by atoms with van der Waals surface area (Å²) >= 11 is 0. The fourth-order valence-corrected chi connectivity index (χ4v) is 2.76. The van der Waals surface area contributed by atoms with Crippen LogP contribution in [0.2, 0.25) is 0 Å². The predicted octanol–water partition coefficient (Wildman–Crippen LogP) is 2.95. The van der Waals surface area contributed by atoms with Crippen molar-refractivity contribution >= 4 is 29.9 Å². The van der Waals surface area contributed by atoms with E-state index in [1.54, 1.807) is 19.2 Å². The maximum Gasteiger partial charge on any atom is 0.191 e. The smallest absolute Gasteiger partial charge is 0.191 e. The van der Waals surface area contributed by atoms with Crippen LogP contribution in [0.3, 0.4) is 0 Å². The topological polar surface area (TPSA) is 75.1 Å². The summed E-state index contributed by atoms with van der Waals surface area (Å²) in [6, 6.07) is 15.0. The molecule has 0 amide bonds. The quantitative estimate of drug-likeness (QED) is 0.255. The number of hydrogen-bond donors (Lipinski definition) is 3. The van der Waals surface area contributed by atoms with Crippen molar-refractivity contribution in [1.82, 2.24) is 10.6 Å². The van der Waals surface area contributed by atoms with Crippen LogP contribution in [0.5, 0.6) is 17.2 Å². The Morgan fingerprint density at radius 3 is 2.59 bits per heavy atom. The number of nitrogens with zero attached hydrogens (tertiary/aromatic N) is 1. The second-order valence-electron chi connectivity index (χ2n) is 6.15. The van der Waals surface area contributed by atoms with Crippen molar-refractivity contribution in [2.24, 2.45) is 4.99 Å². The lowest BCUT2D eigenvalue weighted by molar-refractivity contribution is 0.0936. The van der Waals surface area contributed by atoms with E-state index in [9.17, 15) is 5.11 Å². The third-order valence-electron chi connectivity index (χ3n) is 4.16. The number of fused-ring (bicyclic) bond motifs is 1. The van der Waals surface area contributed by atoms with Crippen LogP contribution in [-0.2, 0) is 6.42 Å². The van der Waals surface area contributed by atoms with Crippen LogP contribution in [-0.4, -0.2) is 43.9 Å². The number of ether oxygens (including phenoxy) is 2. The van der Waals surface area contributed by atoms with Gasteiger partial charge in [-0.25, -0.2) is 0 Å². The van der Waals surface area contributed by atoms with Gasteiger partial charge in [0.25, 0.3) is 0 Å². The van der Waals surface area contributed by atoms with Gasteiger partial charge in [0.05, 0.1) is 6.54 Å². The Morgan fingerprint density at radius 2 is 1.85 bits per heavy atom. The number of benzene rings is 2. The van der Waals surface area contributed by atoms with E-state index in [1.807, 2.05) is 36.4 Å². The SMILES string of the molecule is CN=C(NCCCc1ccc(O)cc1)NCC1COc2ccccc2O1.I. The molecular formula is C20H26IN3O3. The van der Waals surface area contributed by atoms with E-state index in [4.69, 9.17) is 9.47 Å². The maximum absolute atomic E-state index is 9.30. The molecule has 27 heavy (non-hydrogen) atoms. The van der Waals surface area contributed by atoms with Gasteiger partial charge < -0.3 is 25.2 Å².